The lowest BCUT2D eigenvalue weighted by Gasteiger charge is -2.15. The maximum atomic E-state index is 13.5. The monoisotopic (exact) mass is 447 g/mol. The fourth-order valence-corrected chi connectivity index (χ4v) is 4.85. The summed E-state index contributed by atoms with van der Waals surface area (Å²) < 4.78 is 62.1. The van der Waals surface area contributed by atoms with Gasteiger partial charge in [0, 0.05) is 25.0 Å². The summed E-state index contributed by atoms with van der Waals surface area (Å²) in [5.74, 6) is -2.97. The summed E-state index contributed by atoms with van der Waals surface area (Å²) in [6.07, 6.45) is 1.69. The predicted molar refractivity (Wildman–Crippen MR) is 109 cm³/mol. The van der Waals surface area contributed by atoms with E-state index in [0.717, 1.165) is 17.7 Å². The van der Waals surface area contributed by atoms with Gasteiger partial charge in [-0.3, -0.25) is 4.79 Å². The van der Waals surface area contributed by atoms with Crippen molar-refractivity contribution in [2.75, 3.05) is 11.9 Å². The highest BCUT2D eigenvalue weighted by molar-refractivity contribution is 7.89. The predicted octanol–water partition coefficient (Wildman–Crippen LogP) is 2.84. The van der Waals surface area contributed by atoms with Gasteiger partial charge in [0.2, 0.25) is 10.0 Å². The Labute approximate surface area is 177 Å². The van der Waals surface area contributed by atoms with Crippen LogP contribution in [0.25, 0.3) is 0 Å². The van der Waals surface area contributed by atoms with Crippen LogP contribution in [-0.4, -0.2) is 31.5 Å². The number of fused-ring (bicyclic) bond motifs is 1. The smallest absolute Gasteiger partial charge is 0.276 e. The number of rotatable bonds is 4. The fraction of sp³-hybridized carbons (Fsp3) is 0.190. The Bertz CT molecular complexity index is 1240. The third-order valence-electron chi connectivity index (χ3n) is 4.86. The van der Waals surface area contributed by atoms with Crippen molar-refractivity contribution in [3.63, 3.8) is 0 Å². The number of hydrogen-bond donors (Lipinski definition) is 2. The van der Waals surface area contributed by atoms with E-state index in [1.807, 2.05) is 30.3 Å². The summed E-state index contributed by atoms with van der Waals surface area (Å²) in [5.41, 5.74) is 0.906. The van der Waals surface area contributed by atoms with Crippen LogP contribution in [0.3, 0.4) is 0 Å². The Hall–Kier alpha value is -3.24. The molecule has 10 heteroatoms. The Morgan fingerprint density at radius 2 is 1.94 bits per heavy atom. The second-order valence-electron chi connectivity index (χ2n) is 7.18. The quantitative estimate of drug-likeness (QED) is 0.644. The largest absolute Gasteiger partial charge is 0.488 e. The van der Waals surface area contributed by atoms with Gasteiger partial charge in [-0.15, -0.1) is 0 Å². The molecular weight excluding hydrogens is 428 g/mol. The van der Waals surface area contributed by atoms with E-state index in [1.54, 1.807) is 0 Å². The van der Waals surface area contributed by atoms with E-state index in [2.05, 4.69) is 10.0 Å². The third-order valence-corrected chi connectivity index (χ3v) is 6.37. The van der Waals surface area contributed by atoms with Crippen LogP contribution in [0.5, 0.6) is 5.75 Å². The number of carbonyl (C=O) groups is 1. The van der Waals surface area contributed by atoms with Crippen molar-refractivity contribution in [1.29, 1.82) is 0 Å². The lowest BCUT2D eigenvalue weighted by atomic mass is 10.1. The molecule has 0 spiro atoms. The summed E-state index contributed by atoms with van der Waals surface area (Å²) >= 11 is 0. The zero-order chi connectivity index (χ0) is 22.2. The molecule has 0 bridgehead atoms. The number of sulfonamides is 1. The molecule has 1 aliphatic rings. The molecule has 4 rings (SSSR count). The van der Waals surface area contributed by atoms with Crippen LogP contribution in [0, 0.1) is 11.6 Å². The molecule has 0 unspecified atom stereocenters. The molecule has 0 radical (unpaired) electrons. The van der Waals surface area contributed by atoms with Crippen molar-refractivity contribution in [2.45, 2.75) is 17.4 Å². The number of carbonyl (C=O) groups excluding carboxylic acids is 1. The number of halogens is 2. The van der Waals surface area contributed by atoms with Crippen LogP contribution in [0.2, 0.25) is 0 Å². The van der Waals surface area contributed by atoms with Gasteiger partial charge < -0.3 is 14.6 Å². The van der Waals surface area contributed by atoms with Crippen molar-refractivity contribution in [3.8, 4) is 5.75 Å². The lowest BCUT2D eigenvalue weighted by molar-refractivity contribution is 0.101. The average Bonchev–Trinajstić information content (AvgIpc) is 3.01. The molecule has 2 N–H and O–H groups in total. The van der Waals surface area contributed by atoms with Crippen LogP contribution in [0.15, 0.2) is 59.6 Å². The summed E-state index contributed by atoms with van der Waals surface area (Å²) in [6.45, 7) is 0.0105. The highest BCUT2D eigenvalue weighted by atomic mass is 32.2. The zero-order valence-electron chi connectivity index (χ0n) is 16.4. The molecule has 2 aromatic carbocycles. The van der Waals surface area contributed by atoms with Gasteiger partial charge in [0.05, 0.1) is 6.04 Å². The first kappa shape index (κ1) is 21.0. The first-order valence-electron chi connectivity index (χ1n) is 9.39. The molecule has 7 nitrogen and oxygen atoms in total. The Morgan fingerprint density at radius 3 is 2.65 bits per heavy atom. The minimum Gasteiger partial charge on any atom is -0.488 e. The zero-order valence-corrected chi connectivity index (χ0v) is 17.2. The van der Waals surface area contributed by atoms with Crippen LogP contribution >= 0.6 is 0 Å². The Morgan fingerprint density at radius 1 is 1.19 bits per heavy atom. The second kappa shape index (κ2) is 8.12. The standard InChI is InChI=1S/C21H19F2N3O4S/c1-26-11-18-20(19(26)21(27)24-14-7-8-16(22)17(23)10-14)30-12-15(25-31(18,28)29)9-13-5-3-2-4-6-13/h2-8,10-11,15,25H,9,12H2,1H3,(H,24,27)/t15-/m1/s1. The van der Waals surface area contributed by atoms with Gasteiger partial charge in [0.1, 0.15) is 11.5 Å². The molecule has 0 aliphatic carbocycles. The van der Waals surface area contributed by atoms with Gasteiger partial charge >= 0.3 is 0 Å². The van der Waals surface area contributed by atoms with E-state index in [0.29, 0.717) is 6.42 Å². The summed E-state index contributed by atoms with van der Waals surface area (Å²) in [4.78, 5) is 12.7. The number of nitrogens with one attached hydrogen (secondary N) is 2. The molecule has 31 heavy (non-hydrogen) atoms. The van der Waals surface area contributed by atoms with Crippen molar-refractivity contribution in [2.24, 2.45) is 7.05 Å². The van der Waals surface area contributed by atoms with E-state index in [1.165, 1.54) is 23.9 Å². The molecule has 162 valence electrons. The number of amides is 1. The number of hydrogen-bond acceptors (Lipinski definition) is 4. The van der Waals surface area contributed by atoms with Crippen molar-refractivity contribution < 1.29 is 26.7 Å². The van der Waals surface area contributed by atoms with E-state index < -0.39 is 33.6 Å². The van der Waals surface area contributed by atoms with E-state index in [-0.39, 0.29) is 28.6 Å². The van der Waals surface area contributed by atoms with E-state index >= 15 is 0 Å². The fourth-order valence-electron chi connectivity index (χ4n) is 3.43. The van der Waals surface area contributed by atoms with Gasteiger partial charge in [0.15, 0.2) is 23.1 Å². The minimum atomic E-state index is -3.95. The number of aryl methyl sites for hydroxylation is 1. The molecule has 1 atom stereocenters. The molecule has 3 aromatic rings. The van der Waals surface area contributed by atoms with E-state index in [9.17, 15) is 22.0 Å². The SMILES string of the molecule is Cn1cc2c(c1C(=O)Nc1ccc(F)c(F)c1)OC[C@@H](Cc1ccccc1)NS2(=O)=O. The first-order valence-corrected chi connectivity index (χ1v) is 10.9. The number of anilines is 1. The molecular formula is C21H19F2N3O4S. The van der Waals surface area contributed by atoms with Gasteiger partial charge in [-0.2, -0.15) is 0 Å². The lowest BCUT2D eigenvalue weighted by Crippen LogP contribution is -2.38. The van der Waals surface area contributed by atoms with Crippen LogP contribution in [-0.2, 0) is 23.5 Å². The molecule has 0 fully saturated rings. The molecule has 1 amide bonds. The van der Waals surface area contributed by atoms with Gasteiger partial charge in [-0.05, 0) is 24.1 Å². The van der Waals surface area contributed by atoms with Crippen molar-refractivity contribution in [1.82, 2.24) is 9.29 Å². The minimum absolute atomic E-state index is 0.0105. The Kier molecular flexibility index (Phi) is 5.50. The maximum absolute atomic E-state index is 13.5. The van der Waals surface area contributed by atoms with E-state index in [4.69, 9.17) is 4.74 Å². The average molecular weight is 447 g/mol. The summed E-state index contributed by atoms with van der Waals surface area (Å²) in [7, 11) is -2.46. The number of benzene rings is 2. The second-order valence-corrected chi connectivity index (χ2v) is 8.87. The van der Waals surface area contributed by atoms with Crippen LogP contribution < -0.4 is 14.8 Å². The first-order chi connectivity index (χ1) is 14.7. The molecule has 1 aromatic heterocycles. The topological polar surface area (TPSA) is 89.4 Å². The maximum Gasteiger partial charge on any atom is 0.276 e. The third kappa shape index (κ3) is 4.30. The number of nitrogens with zero attached hydrogens (tertiary/aromatic N) is 1. The highest BCUT2D eigenvalue weighted by Gasteiger charge is 2.34. The van der Waals surface area contributed by atoms with Crippen molar-refractivity contribution >= 4 is 21.6 Å². The normalized spacial score (nSPS) is 17.3. The van der Waals surface area contributed by atoms with Crippen molar-refractivity contribution in [3.05, 3.63) is 77.6 Å². The molecule has 0 saturated heterocycles. The summed E-state index contributed by atoms with van der Waals surface area (Å²) in [6, 6.07) is 11.7. The van der Waals surface area contributed by atoms with Crippen LogP contribution in [0.4, 0.5) is 14.5 Å². The van der Waals surface area contributed by atoms with Gasteiger partial charge in [-0.1, -0.05) is 30.3 Å². The number of ether oxygens (including phenoxy) is 1. The Balaban J connectivity index is 1.62. The van der Waals surface area contributed by atoms with Gasteiger partial charge in [-0.25, -0.2) is 21.9 Å². The number of aromatic nitrogens is 1. The molecule has 0 saturated carbocycles. The van der Waals surface area contributed by atoms with Crippen LogP contribution in [0.1, 0.15) is 16.1 Å². The molecule has 2 heterocycles. The van der Waals surface area contributed by atoms with Gasteiger partial charge in [0.25, 0.3) is 5.91 Å². The molecule has 1 aliphatic heterocycles. The summed E-state index contributed by atoms with van der Waals surface area (Å²) in [5, 5.41) is 2.44. The highest BCUT2D eigenvalue weighted by Crippen LogP contribution is 2.33.